The smallest absolute Gasteiger partial charge is 0.0788 e. The summed E-state index contributed by atoms with van der Waals surface area (Å²) in [5, 5.41) is 3.69. The van der Waals surface area contributed by atoms with Gasteiger partial charge in [0.25, 0.3) is 0 Å². The number of benzene rings is 7. The van der Waals surface area contributed by atoms with Crippen LogP contribution in [0.3, 0.4) is 0 Å². The van der Waals surface area contributed by atoms with E-state index in [-0.39, 0.29) is 0 Å². The fourth-order valence-corrected chi connectivity index (χ4v) is 7.26. The van der Waals surface area contributed by atoms with Crippen LogP contribution >= 0.6 is 0 Å². The maximum atomic E-state index is 2.45. The van der Waals surface area contributed by atoms with Crippen molar-refractivity contribution in [2.75, 3.05) is 4.90 Å². The van der Waals surface area contributed by atoms with Crippen molar-refractivity contribution >= 4 is 49.8 Å². The van der Waals surface area contributed by atoms with E-state index < -0.39 is 0 Å². The summed E-state index contributed by atoms with van der Waals surface area (Å²) in [6.45, 7) is 4.27. The van der Waals surface area contributed by atoms with Crippen LogP contribution in [0.15, 0.2) is 176 Å². The van der Waals surface area contributed by atoms with Gasteiger partial charge in [0, 0.05) is 44.6 Å². The second-order valence-corrected chi connectivity index (χ2v) is 12.8. The standard InChI is InChI=1S/C46H35N3/c1-32-17-22-37(23-18-32)47(38-24-19-33(2)20-25-38)39-26-28-40(29-27-39)48-43-16-10-9-15-41(43)42-30-21-35-31-44(34-11-5-3-6-12-34)49(45(35)46(42)48)36-13-7-4-8-14-36/h3-31H,1-2H3. The average Bonchev–Trinajstić information content (AvgIpc) is 3.71. The van der Waals surface area contributed by atoms with Gasteiger partial charge in [0.1, 0.15) is 0 Å². The number of para-hydroxylation sites is 2. The minimum atomic E-state index is 1.11. The minimum Gasteiger partial charge on any atom is -0.311 e. The van der Waals surface area contributed by atoms with Crippen LogP contribution in [0.2, 0.25) is 0 Å². The number of anilines is 3. The van der Waals surface area contributed by atoms with E-state index in [1.165, 1.54) is 55.1 Å². The first-order chi connectivity index (χ1) is 24.1. The molecule has 0 N–H and O–H groups in total. The highest BCUT2D eigenvalue weighted by Crippen LogP contribution is 2.42. The lowest BCUT2D eigenvalue weighted by molar-refractivity contribution is 1.12. The quantitative estimate of drug-likeness (QED) is 0.178. The first-order valence-corrected chi connectivity index (χ1v) is 16.9. The molecular formula is C46H35N3. The molecule has 0 bridgehead atoms. The normalized spacial score (nSPS) is 11.5. The lowest BCUT2D eigenvalue weighted by atomic mass is 10.1. The summed E-state index contributed by atoms with van der Waals surface area (Å²) in [6.07, 6.45) is 0. The topological polar surface area (TPSA) is 13.1 Å². The number of hydrogen-bond donors (Lipinski definition) is 0. The third-order valence-electron chi connectivity index (χ3n) is 9.63. The van der Waals surface area contributed by atoms with E-state index in [1.807, 2.05) is 0 Å². The number of fused-ring (bicyclic) bond motifs is 5. The van der Waals surface area contributed by atoms with Crippen molar-refractivity contribution in [3.8, 4) is 22.6 Å². The first-order valence-electron chi connectivity index (χ1n) is 16.9. The van der Waals surface area contributed by atoms with Gasteiger partial charge in [-0.05, 0) is 92.2 Å². The Bertz CT molecular complexity index is 2530. The summed E-state index contributed by atoms with van der Waals surface area (Å²) in [5.74, 6) is 0. The summed E-state index contributed by atoms with van der Waals surface area (Å²) in [6, 6.07) is 63.7. The van der Waals surface area contributed by atoms with Crippen LogP contribution in [-0.4, -0.2) is 9.13 Å². The van der Waals surface area contributed by atoms with Crippen molar-refractivity contribution in [3.63, 3.8) is 0 Å². The fourth-order valence-electron chi connectivity index (χ4n) is 7.26. The molecule has 0 amide bonds. The molecule has 0 fully saturated rings. The molecule has 0 radical (unpaired) electrons. The number of aryl methyl sites for hydroxylation is 2. The molecule has 0 aliphatic heterocycles. The highest BCUT2D eigenvalue weighted by atomic mass is 15.1. The molecule has 0 aliphatic carbocycles. The van der Waals surface area contributed by atoms with Gasteiger partial charge in [-0.1, -0.05) is 114 Å². The van der Waals surface area contributed by atoms with E-state index in [4.69, 9.17) is 0 Å². The fraction of sp³-hybridized carbons (Fsp3) is 0.0435. The number of nitrogens with zero attached hydrogens (tertiary/aromatic N) is 3. The molecule has 3 nitrogen and oxygen atoms in total. The van der Waals surface area contributed by atoms with Crippen LogP contribution in [-0.2, 0) is 0 Å². The molecule has 0 aliphatic rings. The van der Waals surface area contributed by atoms with Gasteiger partial charge in [-0.3, -0.25) is 0 Å². The van der Waals surface area contributed by atoms with Crippen LogP contribution in [0, 0.1) is 13.8 Å². The van der Waals surface area contributed by atoms with E-state index in [0.29, 0.717) is 0 Å². The van der Waals surface area contributed by atoms with Gasteiger partial charge in [-0.25, -0.2) is 0 Å². The first kappa shape index (κ1) is 28.9. The van der Waals surface area contributed by atoms with Gasteiger partial charge in [0.2, 0.25) is 0 Å². The molecule has 0 saturated carbocycles. The van der Waals surface area contributed by atoms with Crippen LogP contribution in [0.25, 0.3) is 55.3 Å². The lowest BCUT2D eigenvalue weighted by Crippen LogP contribution is -2.10. The molecule has 9 aromatic rings. The Morgan fingerprint density at radius 3 is 1.57 bits per heavy atom. The zero-order valence-electron chi connectivity index (χ0n) is 27.6. The van der Waals surface area contributed by atoms with E-state index in [2.05, 4.69) is 204 Å². The molecule has 7 aromatic carbocycles. The molecule has 0 unspecified atom stereocenters. The molecule has 3 heteroatoms. The van der Waals surface area contributed by atoms with E-state index in [0.717, 1.165) is 28.4 Å². The van der Waals surface area contributed by atoms with Crippen LogP contribution in [0.5, 0.6) is 0 Å². The summed E-state index contributed by atoms with van der Waals surface area (Å²) in [5.41, 5.74) is 14.1. The van der Waals surface area contributed by atoms with Crippen molar-refractivity contribution in [3.05, 3.63) is 187 Å². The molecule has 2 aromatic heterocycles. The Kier molecular flexibility index (Phi) is 6.91. The number of aromatic nitrogens is 2. The Labute approximate surface area is 286 Å². The summed E-state index contributed by atoms with van der Waals surface area (Å²) in [7, 11) is 0. The van der Waals surface area contributed by atoms with Gasteiger partial charge in [0.15, 0.2) is 0 Å². The van der Waals surface area contributed by atoms with Crippen molar-refractivity contribution in [1.29, 1.82) is 0 Å². The molecule has 0 saturated heterocycles. The van der Waals surface area contributed by atoms with Crippen LogP contribution < -0.4 is 4.90 Å². The summed E-state index contributed by atoms with van der Waals surface area (Å²) >= 11 is 0. The molecule has 0 spiro atoms. The maximum absolute atomic E-state index is 2.45. The van der Waals surface area contributed by atoms with E-state index >= 15 is 0 Å². The zero-order valence-corrected chi connectivity index (χ0v) is 27.6. The second kappa shape index (κ2) is 11.7. The van der Waals surface area contributed by atoms with Gasteiger partial charge < -0.3 is 14.0 Å². The highest BCUT2D eigenvalue weighted by Gasteiger charge is 2.21. The average molecular weight is 630 g/mol. The van der Waals surface area contributed by atoms with Crippen molar-refractivity contribution < 1.29 is 0 Å². The molecule has 9 rings (SSSR count). The molecule has 0 atom stereocenters. The minimum absolute atomic E-state index is 1.11. The van der Waals surface area contributed by atoms with Crippen LogP contribution in [0.1, 0.15) is 11.1 Å². The Morgan fingerprint density at radius 2 is 0.939 bits per heavy atom. The van der Waals surface area contributed by atoms with Crippen molar-refractivity contribution in [2.45, 2.75) is 13.8 Å². The summed E-state index contributed by atoms with van der Waals surface area (Å²) < 4.78 is 4.89. The predicted octanol–water partition coefficient (Wildman–Crippen LogP) is 12.5. The molecule has 234 valence electrons. The SMILES string of the molecule is Cc1ccc(N(c2ccc(C)cc2)c2ccc(-n3c4ccccc4c4ccc5cc(-c6ccccc6)n(-c6ccccc6)c5c43)cc2)cc1. The predicted molar refractivity (Wildman–Crippen MR) is 207 cm³/mol. The van der Waals surface area contributed by atoms with E-state index in [9.17, 15) is 0 Å². The highest BCUT2D eigenvalue weighted by molar-refractivity contribution is 6.19. The number of hydrogen-bond acceptors (Lipinski definition) is 1. The lowest BCUT2D eigenvalue weighted by Gasteiger charge is -2.26. The van der Waals surface area contributed by atoms with Gasteiger partial charge in [-0.2, -0.15) is 0 Å². The van der Waals surface area contributed by atoms with Crippen molar-refractivity contribution in [1.82, 2.24) is 9.13 Å². The monoisotopic (exact) mass is 629 g/mol. The van der Waals surface area contributed by atoms with Gasteiger partial charge in [-0.15, -0.1) is 0 Å². The third-order valence-corrected chi connectivity index (χ3v) is 9.63. The third kappa shape index (κ3) is 4.90. The molecular weight excluding hydrogens is 595 g/mol. The Morgan fingerprint density at radius 1 is 0.408 bits per heavy atom. The summed E-state index contributed by atoms with van der Waals surface area (Å²) in [4.78, 5) is 2.33. The molecule has 2 heterocycles. The van der Waals surface area contributed by atoms with Crippen LogP contribution in [0.4, 0.5) is 17.1 Å². The van der Waals surface area contributed by atoms with Crippen molar-refractivity contribution in [2.24, 2.45) is 0 Å². The van der Waals surface area contributed by atoms with Gasteiger partial charge in [0.05, 0.1) is 22.2 Å². The Balaban J connectivity index is 1.30. The van der Waals surface area contributed by atoms with Gasteiger partial charge >= 0.3 is 0 Å². The maximum Gasteiger partial charge on any atom is 0.0788 e. The Hall–Kier alpha value is -6.32. The molecule has 49 heavy (non-hydrogen) atoms. The number of rotatable bonds is 6. The van der Waals surface area contributed by atoms with E-state index in [1.54, 1.807) is 0 Å². The zero-order chi connectivity index (χ0) is 32.9. The largest absolute Gasteiger partial charge is 0.311 e. The second-order valence-electron chi connectivity index (χ2n) is 12.8.